The summed E-state index contributed by atoms with van der Waals surface area (Å²) < 4.78 is 10.4. The number of rotatable bonds is 7. The highest BCUT2D eigenvalue weighted by Crippen LogP contribution is 2.29. The number of amides is 1. The van der Waals surface area contributed by atoms with Crippen LogP contribution in [0.15, 0.2) is 22.0 Å². The van der Waals surface area contributed by atoms with Crippen LogP contribution >= 0.6 is 11.3 Å². The zero-order chi connectivity index (χ0) is 16.8. The third-order valence-electron chi connectivity index (χ3n) is 4.04. The van der Waals surface area contributed by atoms with Gasteiger partial charge in [0, 0.05) is 12.0 Å². The fourth-order valence-electron chi connectivity index (χ4n) is 2.89. The quantitative estimate of drug-likeness (QED) is 0.824. The summed E-state index contributed by atoms with van der Waals surface area (Å²) in [6.07, 6.45) is 3.10. The van der Waals surface area contributed by atoms with Gasteiger partial charge < -0.3 is 14.6 Å². The highest BCUT2D eigenvalue weighted by molar-refractivity contribution is 7.09. The third kappa shape index (κ3) is 4.40. The highest BCUT2D eigenvalue weighted by atomic mass is 32.1. The molecule has 0 spiro atoms. The van der Waals surface area contributed by atoms with Gasteiger partial charge in [-0.15, -0.1) is 11.3 Å². The zero-order valence-corrected chi connectivity index (χ0v) is 14.6. The number of nitrogens with one attached hydrogen (secondary N) is 1. The monoisotopic (exact) mass is 350 g/mol. The van der Waals surface area contributed by atoms with Crippen molar-refractivity contribution in [3.05, 3.63) is 34.1 Å². The van der Waals surface area contributed by atoms with Crippen LogP contribution in [0.3, 0.4) is 0 Å². The largest absolute Gasteiger partial charge is 0.377 e. The van der Waals surface area contributed by atoms with Gasteiger partial charge in [-0.2, -0.15) is 4.98 Å². The van der Waals surface area contributed by atoms with Gasteiger partial charge in [0.15, 0.2) is 5.82 Å². The van der Waals surface area contributed by atoms with Crippen molar-refractivity contribution in [3.63, 3.8) is 0 Å². The molecule has 1 atom stereocenters. The minimum absolute atomic E-state index is 0.00402. The molecule has 1 amide bonds. The molecule has 0 bridgehead atoms. The number of piperidine rings is 1. The normalized spacial score (nSPS) is 18.6. The summed E-state index contributed by atoms with van der Waals surface area (Å²) in [4.78, 5) is 19.9. The van der Waals surface area contributed by atoms with E-state index < -0.39 is 0 Å². The van der Waals surface area contributed by atoms with Crippen LogP contribution in [0, 0.1) is 0 Å². The van der Waals surface area contributed by atoms with Crippen LogP contribution in [0.5, 0.6) is 0 Å². The molecular weight excluding hydrogens is 328 g/mol. The molecule has 2 aromatic rings. The Morgan fingerprint density at radius 2 is 2.46 bits per heavy atom. The zero-order valence-electron chi connectivity index (χ0n) is 13.7. The summed E-state index contributed by atoms with van der Waals surface area (Å²) in [7, 11) is 1.60. The molecule has 1 unspecified atom stereocenters. The van der Waals surface area contributed by atoms with Gasteiger partial charge in [-0.3, -0.25) is 9.69 Å². The molecule has 1 N–H and O–H groups in total. The fraction of sp³-hybridized carbons (Fsp3) is 0.562. The molecule has 7 nitrogen and oxygen atoms in total. The van der Waals surface area contributed by atoms with E-state index >= 15 is 0 Å². The van der Waals surface area contributed by atoms with Crippen LogP contribution < -0.4 is 5.32 Å². The average molecular weight is 350 g/mol. The minimum atomic E-state index is 0.00402. The summed E-state index contributed by atoms with van der Waals surface area (Å²) in [6, 6.07) is 4.01. The van der Waals surface area contributed by atoms with Gasteiger partial charge in [-0.1, -0.05) is 17.6 Å². The van der Waals surface area contributed by atoms with E-state index in [1.165, 1.54) is 0 Å². The Morgan fingerprint density at radius 1 is 1.54 bits per heavy atom. The Bertz CT molecular complexity index is 644. The molecule has 3 heterocycles. The second-order valence-electron chi connectivity index (χ2n) is 5.82. The van der Waals surface area contributed by atoms with Crippen molar-refractivity contribution in [2.75, 3.05) is 20.2 Å². The molecule has 1 fully saturated rings. The smallest absolute Gasteiger partial charge is 0.244 e. The molecular formula is C16H22N4O3S. The van der Waals surface area contributed by atoms with Gasteiger partial charge in [0.2, 0.25) is 11.8 Å². The van der Waals surface area contributed by atoms with Crippen LogP contribution in [0.2, 0.25) is 0 Å². The van der Waals surface area contributed by atoms with E-state index in [9.17, 15) is 4.79 Å². The molecule has 1 aliphatic heterocycles. The number of hydrogen-bond acceptors (Lipinski definition) is 7. The Hall–Kier alpha value is -1.77. The van der Waals surface area contributed by atoms with Crippen molar-refractivity contribution in [2.24, 2.45) is 0 Å². The number of nitrogens with zero attached hydrogens (tertiary/aromatic N) is 3. The first-order valence-electron chi connectivity index (χ1n) is 8.11. The van der Waals surface area contributed by atoms with Crippen molar-refractivity contribution in [1.82, 2.24) is 20.4 Å². The second-order valence-corrected chi connectivity index (χ2v) is 6.85. The summed E-state index contributed by atoms with van der Waals surface area (Å²) in [5.74, 6) is 1.14. The number of ether oxygens (including phenoxy) is 1. The van der Waals surface area contributed by atoms with E-state index in [1.807, 2.05) is 17.5 Å². The van der Waals surface area contributed by atoms with Crippen molar-refractivity contribution < 1.29 is 14.1 Å². The Kier molecular flexibility index (Phi) is 5.95. The lowest BCUT2D eigenvalue weighted by atomic mass is 10.0. The first-order chi connectivity index (χ1) is 11.8. The van der Waals surface area contributed by atoms with Crippen molar-refractivity contribution in [1.29, 1.82) is 0 Å². The molecule has 130 valence electrons. The summed E-state index contributed by atoms with van der Waals surface area (Å²) >= 11 is 1.64. The van der Waals surface area contributed by atoms with E-state index in [0.29, 0.717) is 31.4 Å². The maximum Gasteiger partial charge on any atom is 0.244 e. The van der Waals surface area contributed by atoms with E-state index in [-0.39, 0.29) is 11.9 Å². The average Bonchev–Trinajstić information content (AvgIpc) is 3.25. The summed E-state index contributed by atoms with van der Waals surface area (Å²) in [6.45, 7) is 2.11. The second kappa shape index (κ2) is 8.36. The lowest BCUT2D eigenvalue weighted by Crippen LogP contribution is -2.41. The fourth-order valence-corrected chi connectivity index (χ4v) is 3.53. The highest BCUT2D eigenvalue weighted by Gasteiger charge is 2.30. The van der Waals surface area contributed by atoms with Gasteiger partial charge >= 0.3 is 0 Å². The number of carbonyl (C=O) groups is 1. The van der Waals surface area contributed by atoms with Crippen LogP contribution in [-0.2, 0) is 22.7 Å². The standard InChI is InChI=1S/C16H22N4O3S/c1-22-11-14-18-16(23-19-14)13-6-2-3-7-20(13)10-15(21)17-9-12-5-4-8-24-12/h4-5,8,13H,2-3,6-7,9-11H2,1H3,(H,17,21). The van der Waals surface area contributed by atoms with Crippen LogP contribution in [0.25, 0.3) is 0 Å². The van der Waals surface area contributed by atoms with Gasteiger partial charge in [0.1, 0.15) is 6.61 Å². The van der Waals surface area contributed by atoms with Crippen molar-refractivity contribution >= 4 is 17.2 Å². The molecule has 24 heavy (non-hydrogen) atoms. The Balaban J connectivity index is 1.58. The molecule has 3 rings (SSSR count). The molecule has 0 aliphatic carbocycles. The topological polar surface area (TPSA) is 80.5 Å². The molecule has 2 aromatic heterocycles. The maximum absolute atomic E-state index is 12.3. The van der Waals surface area contributed by atoms with Crippen LogP contribution in [0.4, 0.5) is 0 Å². The van der Waals surface area contributed by atoms with E-state index in [0.717, 1.165) is 30.7 Å². The van der Waals surface area contributed by atoms with Gasteiger partial charge in [0.25, 0.3) is 0 Å². The Morgan fingerprint density at radius 3 is 3.25 bits per heavy atom. The first kappa shape index (κ1) is 17.1. The SMILES string of the molecule is COCc1noc(C2CCCCN2CC(=O)NCc2cccs2)n1. The number of carbonyl (C=O) groups excluding carboxylic acids is 1. The molecule has 0 aromatic carbocycles. The predicted molar refractivity (Wildman–Crippen MR) is 89.3 cm³/mol. The van der Waals surface area contributed by atoms with Crippen LogP contribution in [-0.4, -0.2) is 41.1 Å². The maximum atomic E-state index is 12.3. The van der Waals surface area contributed by atoms with Gasteiger partial charge in [0.05, 0.1) is 19.1 Å². The number of methoxy groups -OCH3 is 1. The first-order valence-corrected chi connectivity index (χ1v) is 8.99. The lowest BCUT2D eigenvalue weighted by molar-refractivity contribution is -0.123. The van der Waals surface area contributed by atoms with Crippen molar-refractivity contribution in [2.45, 2.75) is 38.5 Å². The summed E-state index contributed by atoms with van der Waals surface area (Å²) in [5, 5.41) is 8.91. The molecule has 1 saturated heterocycles. The third-order valence-corrected chi connectivity index (χ3v) is 4.92. The molecule has 0 radical (unpaired) electrons. The molecule has 0 saturated carbocycles. The van der Waals surface area contributed by atoms with E-state index in [2.05, 4.69) is 20.4 Å². The van der Waals surface area contributed by atoms with Crippen molar-refractivity contribution in [3.8, 4) is 0 Å². The van der Waals surface area contributed by atoms with E-state index in [4.69, 9.17) is 9.26 Å². The van der Waals surface area contributed by atoms with Gasteiger partial charge in [-0.25, -0.2) is 0 Å². The Labute approximate surface area is 145 Å². The van der Waals surface area contributed by atoms with Gasteiger partial charge in [-0.05, 0) is 30.8 Å². The van der Waals surface area contributed by atoms with E-state index in [1.54, 1.807) is 18.4 Å². The minimum Gasteiger partial charge on any atom is -0.377 e. The predicted octanol–water partition coefficient (Wildman–Crippen LogP) is 2.12. The molecule has 1 aliphatic rings. The van der Waals surface area contributed by atoms with Crippen LogP contribution in [0.1, 0.15) is 41.9 Å². The number of aromatic nitrogens is 2. The number of thiophene rings is 1. The molecule has 8 heteroatoms. The summed E-state index contributed by atoms with van der Waals surface area (Å²) in [5.41, 5.74) is 0. The number of likely N-dealkylation sites (tertiary alicyclic amines) is 1. The number of hydrogen-bond donors (Lipinski definition) is 1. The lowest BCUT2D eigenvalue weighted by Gasteiger charge is -2.32.